The van der Waals surface area contributed by atoms with Crippen LogP contribution in [0.4, 0.5) is 4.79 Å². The molecule has 0 spiro atoms. The van der Waals surface area contributed by atoms with E-state index in [9.17, 15) is 4.79 Å². The predicted octanol–water partition coefficient (Wildman–Crippen LogP) is -0.450. The number of carbonyl (C=O) groups is 1. The number of nitrogens with two attached hydrogens (primary N) is 1. The van der Waals surface area contributed by atoms with Gasteiger partial charge in [0, 0.05) is 0 Å². The van der Waals surface area contributed by atoms with E-state index in [1.54, 1.807) is 0 Å². The SMILES string of the molecule is C[SiH]C(N)=O. The van der Waals surface area contributed by atoms with Gasteiger partial charge in [0.05, 0.1) is 0 Å². The number of hydrogen-bond donors (Lipinski definition) is 1. The smallest absolute Gasteiger partial charge is 0.183 e. The van der Waals surface area contributed by atoms with E-state index in [-0.39, 0.29) is 15.1 Å². The molecule has 0 aromatic rings. The Morgan fingerprint density at radius 3 is 2.20 bits per heavy atom. The molecule has 0 aliphatic carbocycles. The summed E-state index contributed by atoms with van der Waals surface area (Å²) >= 11 is 0. The standard InChI is InChI=1S/C2H6NOSi/c1-5-2(3)4/h5H,1H3,(H2,3,4). The van der Waals surface area contributed by atoms with Gasteiger partial charge in [-0.05, 0) is 0 Å². The monoisotopic (exact) mass is 88.0 g/mol. The molecule has 29 valence electrons. The molecule has 0 saturated carbocycles. The molecule has 0 aliphatic heterocycles. The van der Waals surface area contributed by atoms with Crippen molar-refractivity contribution in [3.05, 3.63) is 0 Å². The van der Waals surface area contributed by atoms with Crippen molar-refractivity contribution in [1.29, 1.82) is 0 Å². The van der Waals surface area contributed by atoms with E-state index in [1.165, 1.54) is 0 Å². The average molecular weight is 88.2 g/mol. The molecule has 0 unspecified atom stereocenters. The second kappa shape index (κ2) is 1.96. The van der Waals surface area contributed by atoms with Crippen LogP contribution in [-0.2, 0) is 0 Å². The topological polar surface area (TPSA) is 43.1 Å². The number of primary amides is 1. The molecule has 0 bridgehead atoms. The van der Waals surface area contributed by atoms with Crippen molar-refractivity contribution in [3.8, 4) is 0 Å². The molecule has 0 aromatic carbocycles. The number of rotatable bonds is 1. The summed E-state index contributed by atoms with van der Waals surface area (Å²) in [5, 5.41) is 0. The largest absolute Gasteiger partial charge is 0.375 e. The highest BCUT2D eigenvalue weighted by Gasteiger charge is 1.79. The Hall–Kier alpha value is -0.313. The summed E-state index contributed by atoms with van der Waals surface area (Å²) < 4.78 is 0. The molecule has 3 heteroatoms. The van der Waals surface area contributed by atoms with Crippen LogP contribution < -0.4 is 5.73 Å². The fourth-order valence-corrected chi connectivity index (χ4v) is 0. The Labute approximate surface area is 33.2 Å². The highest BCUT2D eigenvalue weighted by molar-refractivity contribution is 6.72. The zero-order valence-electron chi connectivity index (χ0n) is 3.06. The lowest BCUT2D eigenvalue weighted by Crippen LogP contribution is -2.13. The Bertz CT molecular complexity index is 44.9. The summed E-state index contributed by atoms with van der Waals surface area (Å²) in [5.74, 6) is 0. The minimum absolute atomic E-state index is 0.130. The fraction of sp³-hybridized carbons (Fsp3) is 0.500. The molecular weight excluding hydrogens is 82.1 g/mol. The summed E-state index contributed by atoms with van der Waals surface area (Å²) in [5.41, 5.74) is 4.53. The number of amides is 1. The quantitative estimate of drug-likeness (QED) is 0.433. The van der Waals surface area contributed by atoms with Crippen LogP contribution in [0.15, 0.2) is 0 Å². The first-order chi connectivity index (χ1) is 2.27. The summed E-state index contributed by atoms with van der Waals surface area (Å²) in [6, 6.07) is 0. The molecule has 0 aromatic heterocycles. The first kappa shape index (κ1) is 4.69. The van der Waals surface area contributed by atoms with Crippen LogP contribution >= 0.6 is 0 Å². The van der Waals surface area contributed by atoms with Gasteiger partial charge >= 0.3 is 0 Å². The second-order valence-corrected chi connectivity index (χ2v) is 1.84. The molecule has 0 fully saturated rings. The van der Waals surface area contributed by atoms with Crippen molar-refractivity contribution in [3.63, 3.8) is 0 Å². The molecule has 1 radical (unpaired) electrons. The lowest BCUT2D eigenvalue weighted by molar-refractivity contribution is 0.266. The van der Waals surface area contributed by atoms with Gasteiger partial charge in [0.2, 0.25) is 0 Å². The lowest BCUT2D eigenvalue weighted by Gasteiger charge is -1.71. The van der Waals surface area contributed by atoms with Crippen molar-refractivity contribution in [1.82, 2.24) is 0 Å². The van der Waals surface area contributed by atoms with E-state index in [4.69, 9.17) is 0 Å². The minimum Gasteiger partial charge on any atom is -0.375 e. The molecule has 0 saturated heterocycles. The van der Waals surface area contributed by atoms with Crippen molar-refractivity contribution in [2.75, 3.05) is 0 Å². The Kier molecular flexibility index (Phi) is 1.84. The number of hydrogen-bond acceptors (Lipinski definition) is 1. The maximum absolute atomic E-state index is 9.63. The third-order valence-electron chi connectivity index (χ3n) is 0.285. The molecule has 1 amide bonds. The van der Waals surface area contributed by atoms with E-state index < -0.39 is 0 Å². The van der Waals surface area contributed by atoms with Gasteiger partial charge in [-0.3, -0.25) is 4.79 Å². The van der Waals surface area contributed by atoms with Gasteiger partial charge < -0.3 is 5.73 Å². The highest BCUT2D eigenvalue weighted by Crippen LogP contribution is 1.51. The molecule has 2 N–H and O–H groups in total. The van der Waals surface area contributed by atoms with Crippen LogP contribution in [0.25, 0.3) is 0 Å². The third kappa shape index (κ3) is 3.69. The van der Waals surface area contributed by atoms with E-state index in [2.05, 4.69) is 5.73 Å². The van der Waals surface area contributed by atoms with Crippen LogP contribution in [0.2, 0.25) is 6.55 Å². The fourth-order valence-electron chi connectivity index (χ4n) is 0. The minimum atomic E-state index is -0.162. The van der Waals surface area contributed by atoms with Crippen LogP contribution in [0.5, 0.6) is 0 Å². The lowest BCUT2D eigenvalue weighted by atomic mass is 11.4. The van der Waals surface area contributed by atoms with Gasteiger partial charge in [-0.25, -0.2) is 0 Å². The van der Waals surface area contributed by atoms with Gasteiger partial charge in [-0.2, -0.15) is 0 Å². The highest BCUT2D eigenvalue weighted by atomic mass is 28.2. The van der Waals surface area contributed by atoms with Crippen LogP contribution in [-0.4, -0.2) is 15.1 Å². The Balaban J connectivity index is 2.85. The Morgan fingerprint density at radius 2 is 2.20 bits per heavy atom. The van der Waals surface area contributed by atoms with Crippen LogP contribution in [0, 0.1) is 0 Å². The van der Waals surface area contributed by atoms with Crippen molar-refractivity contribution in [2.24, 2.45) is 5.73 Å². The van der Waals surface area contributed by atoms with Gasteiger partial charge in [0.1, 0.15) is 9.52 Å². The zero-order chi connectivity index (χ0) is 4.28. The first-order valence-electron chi connectivity index (χ1n) is 1.36. The maximum atomic E-state index is 9.63. The zero-order valence-corrected chi connectivity index (χ0v) is 4.22. The summed E-state index contributed by atoms with van der Waals surface area (Å²) in [4.78, 5) is 9.63. The van der Waals surface area contributed by atoms with E-state index >= 15 is 0 Å². The second-order valence-electron chi connectivity index (χ2n) is 0.691. The van der Waals surface area contributed by atoms with Gasteiger partial charge in [-0.15, -0.1) is 0 Å². The molecule has 0 rings (SSSR count). The van der Waals surface area contributed by atoms with Crippen LogP contribution in [0.1, 0.15) is 0 Å². The first-order valence-corrected chi connectivity index (χ1v) is 3.09. The summed E-state index contributed by atoms with van der Waals surface area (Å²) in [7, 11) is -0.130. The third-order valence-corrected chi connectivity index (χ3v) is 0.854. The molecule has 5 heavy (non-hydrogen) atoms. The van der Waals surface area contributed by atoms with E-state index in [0.717, 1.165) is 0 Å². The van der Waals surface area contributed by atoms with Crippen molar-refractivity contribution in [2.45, 2.75) is 6.55 Å². The molecule has 2 nitrogen and oxygen atoms in total. The molecular formula is C2H6NOSi. The average Bonchev–Trinajstić information content (AvgIpc) is 1.38. The molecule has 0 atom stereocenters. The van der Waals surface area contributed by atoms with Crippen LogP contribution in [0.3, 0.4) is 0 Å². The Morgan fingerprint density at radius 1 is 2.00 bits per heavy atom. The number of carbonyl (C=O) groups excluding carboxylic acids is 1. The maximum Gasteiger partial charge on any atom is 0.183 e. The van der Waals surface area contributed by atoms with Gasteiger partial charge in [0.25, 0.3) is 0 Å². The van der Waals surface area contributed by atoms with Crippen molar-refractivity contribution < 1.29 is 4.79 Å². The van der Waals surface area contributed by atoms with E-state index in [1.807, 2.05) is 6.55 Å². The predicted molar refractivity (Wildman–Crippen MR) is 22.6 cm³/mol. The summed E-state index contributed by atoms with van der Waals surface area (Å²) in [6.07, 6.45) is 0. The van der Waals surface area contributed by atoms with Crippen molar-refractivity contribution >= 4 is 15.1 Å². The normalized spacial score (nSPS) is 7.40. The molecule has 0 heterocycles. The molecule has 0 aliphatic rings. The van der Waals surface area contributed by atoms with E-state index in [0.29, 0.717) is 0 Å². The van der Waals surface area contributed by atoms with Gasteiger partial charge in [-0.1, -0.05) is 6.55 Å². The van der Waals surface area contributed by atoms with Gasteiger partial charge in [0.15, 0.2) is 5.53 Å². The summed E-state index contributed by atoms with van der Waals surface area (Å²) in [6.45, 7) is 1.81.